The van der Waals surface area contributed by atoms with Gasteiger partial charge in [-0.15, -0.1) is 0 Å². The number of nitrogens with zero attached hydrogens (tertiary/aromatic N) is 1. The Hall–Kier alpha value is -1.62. The summed E-state index contributed by atoms with van der Waals surface area (Å²) < 4.78 is 5.73. The third-order valence-electron chi connectivity index (χ3n) is 3.55. The molecule has 1 aromatic rings. The summed E-state index contributed by atoms with van der Waals surface area (Å²) in [6, 6.07) is 6.99. The standard InChI is InChI=1S/C12H14N2O3/c15-14(16)11-4-2-1-3-9(11)13-10-7-8-5-6-12(10)17-8/h1-4,8,10,12-13H,5-7H2. The van der Waals surface area contributed by atoms with Crippen molar-refractivity contribution in [2.45, 2.75) is 37.5 Å². The smallest absolute Gasteiger partial charge is 0.292 e. The maximum absolute atomic E-state index is 10.9. The van der Waals surface area contributed by atoms with Gasteiger partial charge >= 0.3 is 0 Å². The first-order chi connectivity index (χ1) is 8.24. The molecule has 17 heavy (non-hydrogen) atoms. The second kappa shape index (κ2) is 4.00. The first kappa shape index (κ1) is 10.5. The first-order valence-electron chi connectivity index (χ1n) is 5.89. The van der Waals surface area contributed by atoms with Gasteiger partial charge in [0.25, 0.3) is 5.69 Å². The van der Waals surface area contributed by atoms with Crippen LogP contribution in [0.25, 0.3) is 0 Å². The molecule has 2 saturated heterocycles. The minimum absolute atomic E-state index is 0.135. The Morgan fingerprint density at radius 1 is 1.35 bits per heavy atom. The molecule has 5 heteroatoms. The van der Waals surface area contributed by atoms with Crippen LogP contribution in [0.3, 0.4) is 0 Å². The van der Waals surface area contributed by atoms with E-state index < -0.39 is 0 Å². The molecule has 2 fully saturated rings. The number of anilines is 1. The summed E-state index contributed by atoms with van der Waals surface area (Å²) in [7, 11) is 0. The van der Waals surface area contributed by atoms with Crippen molar-refractivity contribution in [1.82, 2.24) is 0 Å². The lowest BCUT2D eigenvalue weighted by molar-refractivity contribution is -0.384. The van der Waals surface area contributed by atoms with E-state index >= 15 is 0 Å². The molecule has 0 spiro atoms. The van der Waals surface area contributed by atoms with Crippen molar-refractivity contribution in [3.05, 3.63) is 34.4 Å². The quantitative estimate of drug-likeness (QED) is 0.644. The molecule has 3 rings (SSSR count). The van der Waals surface area contributed by atoms with Crippen molar-refractivity contribution in [2.24, 2.45) is 0 Å². The van der Waals surface area contributed by atoms with Gasteiger partial charge in [0, 0.05) is 6.07 Å². The number of fused-ring (bicyclic) bond motifs is 2. The molecule has 2 bridgehead atoms. The van der Waals surface area contributed by atoms with Crippen LogP contribution in [0.5, 0.6) is 0 Å². The average molecular weight is 234 g/mol. The summed E-state index contributed by atoms with van der Waals surface area (Å²) in [5, 5.41) is 14.1. The number of para-hydroxylation sites is 2. The molecule has 0 aromatic heterocycles. The van der Waals surface area contributed by atoms with Crippen LogP contribution in [-0.2, 0) is 4.74 Å². The number of nitro groups is 1. The summed E-state index contributed by atoms with van der Waals surface area (Å²) in [5.41, 5.74) is 0.730. The van der Waals surface area contributed by atoms with Crippen LogP contribution in [0.15, 0.2) is 24.3 Å². The van der Waals surface area contributed by atoms with Gasteiger partial charge in [-0.2, -0.15) is 0 Å². The summed E-state index contributed by atoms with van der Waals surface area (Å²) >= 11 is 0. The highest BCUT2D eigenvalue weighted by Crippen LogP contribution is 2.37. The number of hydrogen-bond donors (Lipinski definition) is 1. The summed E-state index contributed by atoms with van der Waals surface area (Å²) in [6.45, 7) is 0. The fourth-order valence-corrected chi connectivity index (χ4v) is 2.74. The van der Waals surface area contributed by atoms with Crippen LogP contribution >= 0.6 is 0 Å². The number of nitro benzene ring substituents is 1. The molecule has 0 saturated carbocycles. The Bertz CT molecular complexity index is 449. The fourth-order valence-electron chi connectivity index (χ4n) is 2.74. The third-order valence-corrected chi connectivity index (χ3v) is 3.55. The zero-order chi connectivity index (χ0) is 11.8. The minimum atomic E-state index is -0.351. The predicted molar refractivity (Wildman–Crippen MR) is 63.0 cm³/mol. The van der Waals surface area contributed by atoms with E-state index in [-0.39, 0.29) is 22.8 Å². The molecule has 0 radical (unpaired) electrons. The molecule has 5 nitrogen and oxygen atoms in total. The molecule has 1 aromatic carbocycles. The SMILES string of the molecule is O=[N+]([O-])c1ccccc1NC1CC2CCC1O2. The van der Waals surface area contributed by atoms with Gasteiger partial charge in [-0.05, 0) is 25.3 Å². The van der Waals surface area contributed by atoms with Crippen molar-refractivity contribution in [3.63, 3.8) is 0 Å². The van der Waals surface area contributed by atoms with Crippen LogP contribution in [-0.4, -0.2) is 23.2 Å². The zero-order valence-corrected chi connectivity index (χ0v) is 9.33. The minimum Gasteiger partial charge on any atom is -0.374 e. The van der Waals surface area contributed by atoms with Crippen LogP contribution in [0.2, 0.25) is 0 Å². The lowest BCUT2D eigenvalue weighted by atomic mass is 9.95. The summed E-state index contributed by atoms with van der Waals surface area (Å²) in [6.07, 6.45) is 3.71. The molecular formula is C12H14N2O3. The Balaban J connectivity index is 1.79. The molecule has 0 amide bonds. The summed E-state index contributed by atoms with van der Waals surface area (Å²) in [5.74, 6) is 0. The van der Waals surface area contributed by atoms with Crippen molar-refractivity contribution < 1.29 is 9.66 Å². The number of hydrogen-bond acceptors (Lipinski definition) is 4. The van der Waals surface area contributed by atoms with Gasteiger partial charge < -0.3 is 10.1 Å². The van der Waals surface area contributed by atoms with Gasteiger partial charge in [-0.1, -0.05) is 12.1 Å². The van der Waals surface area contributed by atoms with Gasteiger partial charge in [0.15, 0.2) is 0 Å². The van der Waals surface area contributed by atoms with E-state index in [2.05, 4.69) is 5.32 Å². The topological polar surface area (TPSA) is 64.4 Å². The van der Waals surface area contributed by atoms with Crippen LogP contribution in [0, 0.1) is 10.1 Å². The van der Waals surface area contributed by atoms with Crippen molar-refractivity contribution in [2.75, 3.05) is 5.32 Å². The van der Waals surface area contributed by atoms with E-state index in [4.69, 9.17) is 4.74 Å². The van der Waals surface area contributed by atoms with E-state index in [1.165, 1.54) is 6.07 Å². The van der Waals surface area contributed by atoms with Crippen LogP contribution in [0.4, 0.5) is 11.4 Å². The van der Waals surface area contributed by atoms with E-state index in [0.29, 0.717) is 11.8 Å². The zero-order valence-electron chi connectivity index (χ0n) is 9.33. The molecule has 3 unspecified atom stereocenters. The number of rotatable bonds is 3. The third kappa shape index (κ3) is 1.86. The molecule has 2 aliphatic heterocycles. The fraction of sp³-hybridized carbons (Fsp3) is 0.500. The molecular weight excluding hydrogens is 220 g/mol. The van der Waals surface area contributed by atoms with Crippen molar-refractivity contribution in [1.29, 1.82) is 0 Å². The lowest BCUT2D eigenvalue weighted by Gasteiger charge is -2.20. The first-order valence-corrected chi connectivity index (χ1v) is 5.89. The normalized spacial score (nSPS) is 30.5. The van der Waals surface area contributed by atoms with E-state index in [1.807, 2.05) is 6.07 Å². The van der Waals surface area contributed by atoms with Crippen LogP contribution in [0.1, 0.15) is 19.3 Å². The predicted octanol–water partition coefficient (Wildman–Crippen LogP) is 2.33. The Morgan fingerprint density at radius 2 is 2.18 bits per heavy atom. The van der Waals surface area contributed by atoms with E-state index in [0.717, 1.165) is 19.3 Å². The Labute approximate surface area is 98.9 Å². The molecule has 90 valence electrons. The molecule has 2 heterocycles. The number of benzene rings is 1. The van der Waals surface area contributed by atoms with E-state index in [9.17, 15) is 10.1 Å². The highest BCUT2D eigenvalue weighted by atomic mass is 16.6. The molecule has 0 aliphatic carbocycles. The maximum Gasteiger partial charge on any atom is 0.292 e. The van der Waals surface area contributed by atoms with Crippen LogP contribution < -0.4 is 5.32 Å². The van der Waals surface area contributed by atoms with Gasteiger partial charge in [-0.25, -0.2) is 0 Å². The maximum atomic E-state index is 10.9. The average Bonchev–Trinajstić information content (AvgIpc) is 2.91. The van der Waals surface area contributed by atoms with E-state index in [1.54, 1.807) is 12.1 Å². The van der Waals surface area contributed by atoms with Crippen molar-refractivity contribution >= 4 is 11.4 Å². The van der Waals surface area contributed by atoms with Gasteiger partial charge in [0.05, 0.1) is 23.2 Å². The second-order valence-electron chi connectivity index (χ2n) is 4.63. The monoisotopic (exact) mass is 234 g/mol. The summed E-state index contributed by atoms with van der Waals surface area (Å²) in [4.78, 5) is 10.5. The molecule has 3 atom stereocenters. The Morgan fingerprint density at radius 3 is 2.82 bits per heavy atom. The largest absolute Gasteiger partial charge is 0.374 e. The molecule has 2 aliphatic rings. The van der Waals surface area contributed by atoms with Crippen molar-refractivity contribution in [3.8, 4) is 0 Å². The second-order valence-corrected chi connectivity index (χ2v) is 4.63. The highest BCUT2D eigenvalue weighted by molar-refractivity contribution is 5.61. The molecule has 1 N–H and O–H groups in total. The Kier molecular flexibility index (Phi) is 2.48. The lowest BCUT2D eigenvalue weighted by Crippen LogP contribution is -2.30. The van der Waals surface area contributed by atoms with Gasteiger partial charge in [0.1, 0.15) is 5.69 Å². The number of ether oxygens (including phenoxy) is 1. The highest BCUT2D eigenvalue weighted by Gasteiger charge is 2.41. The van der Waals surface area contributed by atoms with Gasteiger partial charge in [-0.3, -0.25) is 10.1 Å². The van der Waals surface area contributed by atoms with Gasteiger partial charge in [0.2, 0.25) is 0 Å². The number of nitrogens with one attached hydrogen (secondary N) is 1.